The molecule has 0 unspecified atom stereocenters. The molecule has 0 fully saturated rings. The van der Waals surface area contributed by atoms with E-state index in [0.717, 1.165) is 0 Å². The molecule has 0 atom stereocenters. The molecule has 0 saturated carbocycles. The van der Waals surface area contributed by atoms with Gasteiger partial charge in [0.1, 0.15) is 0 Å². The van der Waals surface area contributed by atoms with Crippen molar-refractivity contribution in [1.29, 1.82) is 0 Å². The fraction of sp³-hybridized carbons (Fsp3) is 0. The summed E-state index contributed by atoms with van der Waals surface area (Å²) in [5.41, 5.74) is 0. The number of hydrogen-bond acceptors (Lipinski definition) is 2. The first kappa shape index (κ1) is 20.2. The van der Waals surface area contributed by atoms with Gasteiger partial charge in [-0.25, -0.2) is 0 Å². The van der Waals surface area contributed by atoms with E-state index in [0.29, 0.717) is 19.8 Å². The molecule has 0 radical (unpaired) electrons. The van der Waals surface area contributed by atoms with E-state index in [2.05, 4.69) is 0 Å². The van der Waals surface area contributed by atoms with Crippen LogP contribution in [0.15, 0.2) is 0 Å². The summed E-state index contributed by atoms with van der Waals surface area (Å²) in [6.45, 7) is 0. The summed E-state index contributed by atoms with van der Waals surface area (Å²) in [4.78, 5) is 0. The summed E-state index contributed by atoms with van der Waals surface area (Å²) in [5, 5.41) is 0. The minimum absolute atomic E-state index is 0. The molecule has 0 rings (SSSR count). The third-order valence-corrected chi connectivity index (χ3v) is 0. The molecule has 0 spiro atoms. The Hall–Kier alpha value is 0.968. The van der Waals surface area contributed by atoms with Crippen LogP contribution in [0.1, 0.15) is 0 Å². The first-order valence-corrected chi connectivity index (χ1v) is 1.36. The summed E-state index contributed by atoms with van der Waals surface area (Å²) in [5.74, 6) is 0. The molecular weight excluding hydrogens is 279 g/mol. The number of rotatable bonds is 0. The Balaban J connectivity index is -0.00000000500. The maximum atomic E-state index is 8.33. The van der Waals surface area contributed by atoms with Crippen molar-refractivity contribution in [3.8, 4) is 0 Å². The van der Waals surface area contributed by atoms with E-state index in [1.807, 2.05) is 0 Å². The average Bonchev–Trinajstić information content (AvgIpc) is 1.00. The third kappa shape index (κ3) is 12.3. The van der Waals surface area contributed by atoms with Crippen molar-refractivity contribution < 1.29 is 45.7 Å². The van der Waals surface area contributed by atoms with Gasteiger partial charge in [-0.15, -0.1) is 0 Å². The van der Waals surface area contributed by atoms with Crippen molar-refractivity contribution >= 4 is 0 Å². The molecule has 0 aromatic heterocycles. The van der Waals surface area contributed by atoms with Gasteiger partial charge < -0.3 is 5.48 Å². The van der Waals surface area contributed by atoms with Crippen molar-refractivity contribution in [3.05, 3.63) is 0 Å². The quantitative estimate of drug-likeness (QED) is 0.572. The molecule has 1 N–H and O–H groups in total. The predicted octanol–water partition coefficient (Wildman–Crippen LogP) is -0.301. The van der Waals surface area contributed by atoms with Gasteiger partial charge in [0.25, 0.3) is 0 Å². The molecule has 30 valence electrons. The van der Waals surface area contributed by atoms with Gasteiger partial charge in [0.05, 0.1) is 0 Å². The third-order valence-electron chi connectivity index (χ3n) is 0. The molecule has 0 aliphatic carbocycles. The Bertz CT molecular complexity index is 6.00. The van der Waals surface area contributed by atoms with Crippen molar-refractivity contribution in [1.82, 2.24) is 0 Å². The van der Waals surface area contributed by atoms with Crippen LogP contribution < -0.4 is 0 Å². The zero-order chi connectivity index (χ0) is 2.00. The van der Waals surface area contributed by atoms with Crippen molar-refractivity contribution in [2.45, 2.75) is 0 Å². The Morgan fingerprint density at radius 1 is 1.25 bits per heavy atom. The van der Waals surface area contributed by atoms with E-state index in [9.17, 15) is 0 Å². The topological polar surface area (TPSA) is 47.1 Å². The van der Waals surface area contributed by atoms with Crippen LogP contribution in [-0.4, -0.2) is 5.48 Å². The number of hydrogen-bond donors (Lipinski definition) is 0. The Morgan fingerprint density at radius 3 is 1.25 bits per heavy atom. The van der Waals surface area contributed by atoms with Crippen LogP contribution in [0.4, 0.5) is 0 Å². The second-order valence-electron chi connectivity index (χ2n) is 0. The van der Waals surface area contributed by atoms with Gasteiger partial charge in [-0.3, -0.25) is 0 Å². The molecular formula is HCuO2W. The van der Waals surface area contributed by atoms with E-state index < -0.39 is 0 Å². The van der Waals surface area contributed by atoms with E-state index in [-0.39, 0.29) is 22.5 Å². The molecule has 4 heavy (non-hydrogen) atoms. The molecule has 0 bridgehead atoms. The van der Waals surface area contributed by atoms with Crippen molar-refractivity contribution in [2.75, 3.05) is 0 Å². The molecule has 0 aromatic carbocycles. The second-order valence-corrected chi connectivity index (χ2v) is 0. The van der Waals surface area contributed by atoms with Crippen LogP contribution >= 0.6 is 0 Å². The molecule has 4 heteroatoms. The average molecular weight is 280 g/mol. The Labute approximate surface area is 45.9 Å². The van der Waals surface area contributed by atoms with Crippen LogP contribution in [-0.2, 0) is 40.2 Å². The monoisotopic (exact) mass is 280 g/mol. The van der Waals surface area contributed by atoms with Crippen LogP contribution in [0.3, 0.4) is 0 Å². The van der Waals surface area contributed by atoms with Gasteiger partial charge in [-0.1, -0.05) is 0 Å². The fourth-order valence-corrected chi connectivity index (χ4v) is 0. The summed E-state index contributed by atoms with van der Waals surface area (Å²) in [7, 11) is 0. The Kier molecular flexibility index (Phi) is 188. The van der Waals surface area contributed by atoms with Crippen molar-refractivity contribution in [2.24, 2.45) is 0 Å². The zero-order valence-electron chi connectivity index (χ0n) is 1.57. The van der Waals surface area contributed by atoms with Crippen LogP contribution in [0.25, 0.3) is 0 Å². The molecule has 0 saturated heterocycles. The summed E-state index contributed by atoms with van der Waals surface area (Å²) in [6, 6.07) is 0. The molecule has 0 aliphatic rings. The van der Waals surface area contributed by atoms with Crippen LogP contribution in [0, 0.1) is 0 Å². The van der Waals surface area contributed by atoms with Crippen LogP contribution in [0.5, 0.6) is 0 Å². The van der Waals surface area contributed by atoms with Gasteiger partial charge in [0.2, 0.25) is 0 Å². The first-order valence-electron chi connectivity index (χ1n) is 0.167. The normalized spacial score (nSPS) is 1.00. The maximum absolute atomic E-state index is 8.33. The first-order chi connectivity index (χ1) is 1.00. The fourth-order valence-electron chi connectivity index (χ4n) is 0. The van der Waals surface area contributed by atoms with Crippen LogP contribution in [0.2, 0.25) is 0 Å². The standard InChI is InChI=1S/Cu.H2O.O.W/h;1H2;;/q+1;;;/p-1. The van der Waals surface area contributed by atoms with Crippen molar-refractivity contribution in [3.63, 3.8) is 0 Å². The van der Waals surface area contributed by atoms with Gasteiger partial charge in [0, 0.05) is 0 Å². The van der Waals surface area contributed by atoms with E-state index >= 15 is 0 Å². The SMILES string of the molecule is [Cu+].[OH-].[O]=[W]. The van der Waals surface area contributed by atoms with Gasteiger partial charge >= 0.3 is 40.2 Å². The summed E-state index contributed by atoms with van der Waals surface area (Å²) >= 11 is 0.333. The predicted molar refractivity (Wildman–Crippen MR) is 2.62 cm³/mol. The molecule has 2 nitrogen and oxygen atoms in total. The summed E-state index contributed by atoms with van der Waals surface area (Å²) < 4.78 is 8.33. The molecule has 0 amide bonds. The molecule has 0 aromatic rings. The zero-order valence-corrected chi connectivity index (χ0v) is 5.44. The van der Waals surface area contributed by atoms with Gasteiger partial charge in [-0.05, 0) is 0 Å². The Morgan fingerprint density at radius 2 is 1.25 bits per heavy atom. The molecule has 0 aliphatic heterocycles. The van der Waals surface area contributed by atoms with E-state index in [4.69, 9.17) is 3.40 Å². The molecule has 0 heterocycles. The van der Waals surface area contributed by atoms with E-state index in [1.165, 1.54) is 0 Å². The second kappa shape index (κ2) is 37.3. The van der Waals surface area contributed by atoms with Gasteiger partial charge in [0.15, 0.2) is 0 Å². The summed E-state index contributed by atoms with van der Waals surface area (Å²) in [6.07, 6.45) is 0. The minimum atomic E-state index is 0. The van der Waals surface area contributed by atoms with Gasteiger partial charge in [-0.2, -0.15) is 0 Å². The van der Waals surface area contributed by atoms with E-state index in [1.54, 1.807) is 0 Å².